The van der Waals surface area contributed by atoms with Crippen molar-refractivity contribution in [2.75, 3.05) is 0 Å². The number of benzene rings is 1. The number of aryl methyl sites for hydroxylation is 1. The highest BCUT2D eigenvalue weighted by Gasteiger charge is 2.04. The lowest BCUT2D eigenvalue weighted by atomic mass is 10.2. The summed E-state index contributed by atoms with van der Waals surface area (Å²) in [6.45, 7) is 2.06. The van der Waals surface area contributed by atoms with Gasteiger partial charge in [0.1, 0.15) is 5.82 Å². The molecule has 0 fully saturated rings. The van der Waals surface area contributed by atoms with Crippen molar-refractivity contribution in [3.8, 4) is 0 Å². The minimum atomic E-state index is 0.784. The maximum Gasteiger partial charge on any atom is 0.208 e. The van der Waals surface area contributed by atoms with Gasteiger partial charge in [-0.3, -0.25) is 10.1 Å². The highest BCUT2D eigenvalue weighted by atomic mass is 32.2. The van der Waals surface area contributed by atoms with Crippen LogP contribution >= 0.6 is 11.8 Å². The molecule has 0 aliphatic heterocycles. The Bertz CT molecular complexity index is 692. The molecule has 0 radical (unpaired) electrons. The van der Waals surface area contributed by atoms with E-state index in [0.717, 1.165) is 34.4 Å². The third-order valence-electron chi connectivity index (χ3n) is 2.85. The minimum Gasteiger partial charge on any atom is -0.262 e. The second kappa shape index (κ2) is 5.40. The van der Waals surface area contributed by atoms with Crippen LogP contribution in [-0.4, -0.2) is 20.2 Å². The Morgan fingerprint density at radius 3 is 2.84 bits per heavy atom. The summed E-state index contributed by atoms with van der Waals surface area (Å²) >= 11 is 1.60. The Morgan fingerprint density at radius 1 is 1.11 bits per heavy atom. The van der Waals surface area contributed by atoms with E-state index in [1.165, 1.54) is 5.39 Å². The molecule has 96 valence electrons. The lowest BCUT2D eigenvalue weighted by molar-refractivity contribution is 0.941. The average molecular weight is 270 g/mol. The van der Waals surface area contributed by atoms with Crippen LogP contribution in [0.4, 0.5) is 0 Å². The van der Waals surface area contributed by atoms with Crippen molar-refractivity contribution in [1.29, 1.82) is 0 Å². The van der Waals surface area contributed by atoms with Crippen LogP contribution in [-0.2, 0) is 12.2 Å². The van der Waals surface area contributed by atoms with Crippen LogP contribution in [0.25, 0.3) is 10.9 Å². The number of rotatable bonds is 4. The smallest absolute Gasteiger partial charge is 0.208 e. The number of hydrogen-bond donors (Lipinski definition) is 1. The third-order valence-corrected chi connectivity index (χ3v) is 3.73. The zero-order valence-electron chi connectivity index (χ0n) is 10.6. The standard InChI is InChI=1S/C14H14N4S/c1-2-13-16-14(18-17-13)19-9-11-8-7-10-5-3-4-6-12(10)15-11/h3-8H,2,9H2,1H3,(H,16,17,18). The van der Waals surface area contributed by atoms with Crippen molar-refractivity contribution < 1.29 is 0 Å². The van der Waals surface area contributed by atoms with Gasteiger partial charge in [-0.1, -0.05) is 43.0 Å². The van der Waals surface area contributed by atoms with Crippen LogP contribution in [0, 0.1) is 0 Å². The molecule has 3 rings (SSSR count). The highest BCUT2D eigenvalue weighted by Crippen LogP contribution is 2.20. The molecule has 0 bridgehead atoms. The molecule has 2 heterocycles. The number of hydrogen-bond acceptors (Lipinski definition) is 4. The van der Waals surface area contributed by atoms with E-state index in [-0.39, 0.29) is 0 Å². The van der Waals surface area contributed by atoms with Gasteiger partial charge in [-0.2, -0.15) is 0 Å². The van der Waals surface area contributed by atoms with Crippen molar-refractivity contribution in [3.63, 3.8) is 0 Å². The van der Waals surface area contributed by atoms with Gasteiger partial charge in [0.15, 0.2) is 0 Å². The fourth-order valence-electron chi connectivity index (χ4n) is 1.83. The normalized spacial score (nSPS) is 11.0. The van der Waals surface area contributed by atoms with Crippen LogP contribution in [0.15, 0.2) is 41.6 Å². The molecule has 0 saturated heterocycles. The highest BCUT2D eigenvalue weighted by molar-refractivity contribution is 7.98. The average Bonchev–Trinajstić information content (AvgIpc) is 2.93. The molecule has 0 unspecified atom stereocenters. The molecule has 0 amide bonds. The zero-order valence-corrected chi connectivity index (χ0v) is 11.4. The topological polar surface area (TPSA) is 54.5 Å². The van der Waals surface area contributed by atoms with Crippen molar-refractivity contribution in [3.05, 3.63) is 47.9 Å². The molecule has 2 aromatic heterocycles. The summed E-state index contributed by atoms with van der Waals surface area (Å²) in [5, 5.41) is 9.04. The summed E-state index contributed by atoms with van der Waals surface area (Å²) in [5.41, 5.74) is 2.08. The van der Waals surface area contributed by atoms with E-state index in [2.05, 4.69) is 45.3 Å². The van der Waals surface area contributed by atoms with Crippen LogP contribution < -0.4 is 0 Å². The van der Waals surface area contributed by atoms with Gasteiger partial charge in [0.25, 0.3) is 0 Å². The predicted octanol–water partition coefficient (Wildman–Crippen LogP) is 3.21. The van der Waals surface area contributed by atoms with Crippen LogP contribution in [0.5, 0.6) is 0 Å². The summed E-state index contributed by atoms with van der Waals surface area (Å²) in [5.74, 6) is 1.71. The molecule has 4 nitrogen and oxygen atoms in total. The van der Waals surface area contributed by atoms with Crippen molar-refractivity contribution in [2.24, 2.45) is 0 Å². The van der Waals surface area contributed by atoms with E-state index in [9.17, 15) is 0 Å². The zero-order chi connectivity index (χ0) is 13.1. The lowest BCUT2D eigenvalue weighted by Gasteiger charge is -2.01. The van der Waals surface area contributed by atoms with E-state index in [1.807, 2.05) is 18.2 Å². The van der Waals surface area contributed by atoms with Gasteiger partial charge >= 0.3 is 0 Å². The van der Waals surface area contributed by atoms with Crippen LogP contribution in [0.3, 0.4) is 0 Å². The van der Waals surface area contributed by atoms with E-state index < -0.39 is 0 Å². The molecule has 0 aliphatic rings. The summed E-state index contributed by atoms with van der Waals surface area (Å²) in [7, 11) is 0. The molecule has 0 atom stereocenters. The number of H-pyrrole nitrogens is 1. The second-order valence-corrected chi connectivity index (χ2v) is 5.14. The van der Waals surface area contributed by atoms with Crippen molar-refractivity contribution in [2.45, 2.75) is 24.3 Å². The number of aromatic nitrogens is 4. The third kappa shape index (κ3) is 2.76. The Labute approximate surface area is 115 Å². The van der Waals surface area contributed by atoms with Gasteiger partial charge in [0.05, 0.1) is 11.2 Å². The summed E-state index contributed by atoms with van der Waals surface area (Å²) < 4.78 is 0. The van der Waals surface area contributed by atoms with E-state index in [4.69, 9.17) is 0 Å². The lowest BCUT2D eigenvalue weighted by Crippen LogP contribution is -1.88. The molecular weight excluding hydrogens is 256 g/mol. The number of pyridine rings is 1. The fraction of sp³-hybridized carbons (Fsp3) is 0.214. The Balaban J connectivity index is 1.74. The molecule has 0 saturated carbocycles. The largest absolute Gasteiger partial charge is 0.262 e. The Kier molecular flexibility index (Phi) is 3.46. The molecule has 19 heavy (non-hydrogen) atoms. The Morgan fingerprint density at radius 2 is 2.00 bits per heavy atom. The predicted molar refractivity (Wildman–Crippen MR) is 77.1 cm³/mol. The molecular formula is C14H14N4S. The molecule has 3 aromatic rings. The summed E-state index contributed by atoms with van der Waals surface area (Å²) in [6, 6.07) is 12.3. The number of para-hydroxylation sites is 1. The maximum atomic E-state index is 4.63. The van der Waals surface area contributed by atoms with Gasteiger partial charge in [-0.05, 0) is 12.1 Å². The first-order valence-corrected chi connectivity index (χ1v) is 7.22. The molecule has 5 heteroatoms. The van der Waals surface area contributed by atoms with E-state index in [1.54, 1.807) is 11.8 Å². The van der Waals surface area contributed by atoms with Crippen LogP contribution in [0.2, 0.25) is 0 Å². The van der Waals surface area contributed by atoms with E-state index >= 15 is 0 Å². The summed E-state index contributed by atoms with van der Waals surface area (Å²) in [4.78, 5) is 9.01. The van der Waals surface area contributed by atoms with Crippen molar-refractivity contribution >= 4 is 22.7 Å². The molecule has 0 aliphatic carbocycles. The quantitative estimate of drug-likeness (QED) is 0.740. The summed E-state index contributed by atoms with van der Waals surface area (Å²) in [6.07, 6.45) is 0.877. The Hall–Kier alpha value is -1.88. The number of fused-ring (bicyclic) bond motifs is 1. The molecule has 1 N–H and O–H groups in total. The first kappa shape index (κ1) is 12.2. The van der Waals surface area contributed by atoms with Gasteiger partial charge < -0.3 is 0 Å². The fourth-order valence-corrected chi connectivity index (χ4v) is 2.55. The van der Waals surface area contributed by atoms with Gasteiger partial charge in [0, 0.05) is 17.6 Å². The first-order chi connectivity index (χ1) is 9.35. The SMILES string of the molecule is CCc1nc(SCc2ccc3ccccc3n2)n[nH]1. The minimum absolute atomic E-state index is 0.784. The second-order valence-electron chi connectivity index (χ2n) is 4.20. The van der Waals surface area contributed by atoms with Crippen LogP contribution in [0.1, 0.15) is 18.4 Å². The molecule has 1 aromatic carbocycles. The molecule has 0 spiro atoms. The number of nitrogens with zero attached hydrogens (tertiary/aromatic N) is 3. The first-order valence-electron chi connectivity index (χ1n) is 6.24. The number of thioether (sulfide) groups is 1. The van der Waals surface area contributed by atoms with E-state index in [0.29, 0.717) is 0 Å². The number of aromatic amines is 1. The van der Waals surface area contributed by atoms with Gasteiger partial charge in [-0.25, -0.2) is 4.98 Å². The van der Waals surface area contributed by atoms with Gasteiger partial charge in [0.2, 0.25) is 5.16 Å². The van der Waals surface area contributed by atoms with Crippen molar-refractivity contribution in [1.82, 2.24) is 20.2 Å². The van der Waals surface area contributed by atoms with Gasteiger partial charge in [-0.15, -0.1) is 5.10 Å². The number of nitrogens with one attached hydrogen (secondary N) is 1. The maximum absolute atomic E-state index is 4.63. The monoisotopic (exact) mass is 270 g/mol.